The molecular weight excluding hydrogens is 306 g/mol. The van der Waals surface area contributed by atoms with Gasteiger partial charge >= 0.3 is 0 Å². The number of carbonyl (C=O) groups is 1. The van der Waals surface area contributed by atoms with Crippen LogP contribution in [-0.4, -0.2) is 5.91 Å². The van der Waals surface area contributed by atoms with Crippen molar-refractivity contribution in [2.45, 2.75) is 0 Å². The fourth-order valence-corrected chi connectivity index (χ4v) is 3.64. The van der Waals surface area contributed by atoms with Crippen molar-refractivity contribution in [3.63, 3.8) is 0 Å². The van der Waals surface area contributed by atoms with Gasteiger partial charge in [0.2, 0.25) is 0 Å². The molecule has 4 aromatic rings. The Bertz CT molecular complexity index is 1190. The van der Waals surface area contributed by atoms with Crippen molar-refractivity contribution < 1.29 is 4.79 Å². The number of hydrogen-bond donors (Lipinski definition) is 1. The van der Waals surface area contributed by atoms with Crippen molar-refractivity contribution >= 4 is 44.8 Å². The Morgan fingerprint density at radius 3 is 2.28 bits per heavy atom. The van der Waals surface area contributed by atoms with Crippen LogP contribution in [0.2, 0.25) is 0 Å². The maximum atomic E-state index is 12.5. The summed E-state index contributed by atoms with van der Waals surface area (Å²) in [5, 5.41) is 7.72. The molecule has 0 saturated carbocycles. The lowest BCUT2D eigenvalue weighted by Crippen LogP contribution is -2.03. The molecule has 0 saturated heterocycles. The van der Waals surface area contributed by atoms with Crippen LogP contribution < -0.4 is 5.32 Å². The van der Waals surface area contributed by atoms with Crippen LogP contribution in [0.4, 0.5) is 5.69 Å². The predicted molar refractivity (Wildman–Crippen MR) is 104 cm³/mol. The highest BCUT2D eigenvalue weighted by molar-refractivity contribution is 6.35. The van der Waals surface area contributed by atoms with Crippen molar-refractivity contribution in [2.24, 2.45) is 0 Å². The van der Waals surface area contributed by atoms with E-state index in [1.807, 2.05) is 42.5 Å². The van der Waals surface area contributed by atoms with Gasteiger partial charge in [0.15, 0.2) is 0 Å². The summed E-state index contributed by atoms with van der Waals surface area (Å²) in [7, 11) is 0. The van der Waals surface area contributed by atoms with E-state index in [1.165, 1.54) is 16.2 Å². The van der Waals surface area contributed by atoms with E-state index in [0.29, 0.717) is 0 Å². The number of fused-ring (bicyclic) bond motifs is 4. The van der Waals surface area contributed by atoms with Gasteiger partial charge in [0.1, 0.15) is 0 Å². The van der Waals surface area contributed by atoms with Gasteiger partial charge in [-0.3, -0.25) is 4.79 Å². The quantitative estimate of drug-likeness (QED) is 0.365. The molecule has 4 aromatic carbocycles. The van der Waals surface area contributed by atoms with Gasteiger partial charge in [-0.15, -0.1) is 0 Å². The third kappa shape index (κ3) is 2.15. The van der Waals surface area contributed by atoms with Gasteiger partial charge in [0, 0.05) is 16.8 Å². The minimum atomic E-state index is -0.0431. The number of nitrogens with one attached hydrogen (secondary N) is 1. The SMILES string of the molecule is O=C1Nc2ccccc2/C1=C/c1cc2ccccc2c2ccccc12. The lowest BCUT2D eigenvalue weighted by Gasteiger charge is -2.08. The zero-order valence-electron chi connectivity index (χ0n) is 13.5. The molecular formula is C23H15NO. The first-order valence-corrected chi connectivity index (χ1v) is 8.34. The summed E-state index contributed by atoms with van der Waals surface area (Å²) in [5.74, 6) is -0.0431. The summed E-state index contributed by atoms with van der Waals surface area (Å²) < 4.78 is 0. The topological polar surface area (TPSA) is 29.1 Å². The second kappa shape index (κ2) is 5.32. The highest BCUT2D eigenvalue weighted by Crippen LogP contribution is 2.35. The van der Waals surface area contributed by atoms with Gasteiger partial charge in [0.25, 0.3) is 5.91 Å². The average Bonchev–Trinajstić information content (AvgIpc) is 2.97. The fourth-order valence-electron chi connectivity index (χ4n) is 3.64. The van der Waals surface area contributed by atoms with Crippen LogP contribution in [0.5, 0.6) is 0 Å². The Hall–Kier alpha value is -3.39. The van der Waals surface area contributed by atoms with Crippen LogP contribution in [0, 0.1) is 0 Å². The van der Waals surface area contributed by atoms with Crippen LogP contribution in [0.3, 0.4) is 0 Å². The molecule has 1 amide bonds. The summed E-state index contributed by atoms with van der Waals surface area (Å²) in [6.07, 6.45) is 2.01. The maximum absolute atomic E-state index is 12.5. The molecule has 25 heavy (non-hydrogen) atoms. The van der Waals surface area contributed by atoms with E-state index < -0.39 is 0 Å². The van der Waals surface area contributed by atoms with Gasteiger partial charge in [-0.1, -0.05) is 66.7 Å². The van der Waals surface area contributed by atoms with Crippen LogP contribution in [0.1, 0.15) is 11.1 Å². The first-order chi connectivity index (χ1) is 12.3. The summed E-state index contributed by atoms with van der Waals surface area (Å²) in [4.78, 5) is 12.5. The molecule has 0 fully saturated rings. The number of para-hydroxylation sites is 1. The molecule has 0 aliphatic carbocycles. The third-order valence-electron chi connectivity index (χ3n) is 4.81. The molecule has 2 nitrogen and oxygen atoms in total. The number of benzene rings is 4. The molecule has 2 heteroatoms. The van der Waals surface area contributed by atoms with E-state index in [-0.39, 0.29) is 5.91 Å². The largest absolute Gasteiger partial charge is 0.321 e. The molecule has 0 spiro atoms. The Balaban J connectivity index is 1.82. The molecule has 5 rings (SSSR count). The number of rotatable bonds is 1. The minimum Gasteiger partial charge on any atom is -0.321 e. The highest BCUT2D eigenvalue weighted by Gasteiger charge is 2.23. The summed E-state index contributed by atoms with van der Waals surface area (Å²) >= 11 is 0. The number of carbonyl (C=O) groups excluding carboxylic acids is 1. The van der Waals surface area contributed by atoms with Gasteiger partial charge in [0.05, 0.1) is 0 Å². The predicted octanol–water partition coefficient (Wildman–Crippen LogP) is 5.49. The second-order valence-electron chi connectivity index (χ2n) is 6.29. The fraction of sp³-hybridized carbons (Fsp3) is 0. The summed E-state index contributed by atoms with van der Waals surface area (Å²) in [5.41, 5.74) is 3.63. The van der Waals surface area contributed by atoms with Crippen LogP contribution >= 0.6 is 0 Å². The van der Waals surface area contributed by atoms with Gasteiger partial charge < -0.3 is 5.32 Å². The molecule has 1 aliphatic rings. The van der Waals surface area contributed by atoms with E-state index in [1.54, 1.807) is 0 Å². The molecule has 0 atom stereocenters. The minimum absolute atomic E-state index is 0.0431. The van der Waals surface area contributed by atoms with E-state index in [9.17, 15) is 4.79 Å². The standard InChI is InChI=1S/C23H15NO/c25-23-21(20-11-5-6-12-22(20)24-23)14-16-13-15-7-1-2-8-17(15)19-10-4-3-9-18(16)19/h1-14H,(H,24,25)/b21-14-. The third-order valence-corrected chi connectivity index (χ3v) is 4.81. The summed E-state index contributed by atoms with van der Waals surface area (Å²) in [6.45, 7) is 0. The lowest BCUT2D eigenvalue weighted by molar-refractivity contribution is -0.110. The highest BCUT2D eigenvalue weighted by atomic mass is 16.2. The second-order valence-corrected chi connectivity index (χ2v) is 6.29. The van der Waals surface area contributed by atoms with Gasteiger partial charge in [-0.2, -0.15) is 0 Å². The molecule has 0 unspecified atom stereocenters. The first-order valence-electron chi connectivity index (χ1n) is 8.34. The number of anilines is 1. The Morgan fingerprint density at radius 1 is 0.720 bits per heavy atom. The van der Waals surface area contributed by atoms with Crippen molar-refractivity contribution in [3.05, 3.63) is 90.0 Å². The van der Waals surface area contributed by atoms with Crippen LogP contribution in [0.15, 0.2) is 78.9 Å². The molecule has 1 aliphatic heterocycles. The van der Waals surface area contributed by atoms with Crippen molar-refractivity contribution in [3.8, 4) is 0 Å². The zero-order chi connectivity index (χ0) is 16.8. The van der Waals surface area contributed by atoms with Crippen molar-refractivity contribution in [2.75, 3.05) is 5.32 Å². The summed E-state index contributed by atoms with van der Waals surface area (Å²) in [6, 6.07) is 26.7. The number of hydrogen-bond acceptors (Lipinski definition) is 1. The molecule has 118 valence electrons. The van der Waals surface area contributed by atoms with Gasteiger partial charge in [-0.05, 0) is 45.3 Å². The Morgan fingerprint density at radius 2 is 1.40 bits per heavy atom. The smallest absolute Gasteiger partial charge is 0.256 e. The van der Waals surface area contributed by atoms with E-state index in [4.69, 9.17) is 0 Å². The van der Waals surface area contributed by atoms with Gasteiger partial charge in [-0.25, -0.2) is 0 Å². The van der Waals surface area contributed by atoms with Crippen molar-refractivity contribution in [1.82, 2.24) is 0 Å². The zero-order valence-corrected chi connectivity index (χ0v) is 13.5. The number of amides is 1. The van der Waals surface area contributed by atoms with Crippen LogP contribution in [-0.2, 0) is 4.79 Å². The molecule has 0 aromatic heterocycles. The van der Waals surface area contributed by atoms with E-state index in [0.717, 1.165) is 27.8 Å². The maximum Gasteiger partial charge on any atom is 0.256 e. The molecule has 1 N–H and O–H groups in total. The van der Waals surface area contributed by atoms with Crippen molar-refractivity contribution in [1.29, 1.82) is 0 Å². The van der Waals surface area contributed by atoms with Crippen LogP contribution in [0.25, 0.3) is 33.2 Å². The normalized spacial score (nSPS) is 14.9. The first kappa shape index (κ1) is 14.0. The molecule has 0 bridgehead atoms. The molecule has 1 heterocycles. The van der Waals surface area contributed by atoms with E-state index in [2.05, 4.69) is 47.8 Å². The average molecular weight is 321 g/mol. The monoisotopic (exact) mass is 321 g/mol. The Kier molecular flexibility index (Phi) is 2.98. The van der Waals surface area contributed by atoms with E-state index >= 15 is 0 Å². The molecule has 0 radical (unpaired) electrons. The lowest BCUT2D eigenvalue weighted by atomic mass is 9.95. The Labute approximate surface area is 145 Å².